The number of aliphatic imine (C=N–C) groups is 2. The summed E-state index contributed by atoms with van der Waals surface area (Å²) in [7, 11) is 0. The average Bonchev–Trinajstić information content (AvgIpc) is 2.66. The van der Waals surface area contributed by atoms with Crippen molar-refractivity contribution in [3.05, 3.63) is 48.7 Å². The van der Waals surface area contributed by atoms with Crippen LogP contribution in [0.25, 0.3) is 0 Å². The van der Waals surface area contributed by atoms with Crippen molar-refractivity contribution < 1.29 is 0 Å². The molecule has 0 aliphatic rings. The number of hydrogen-bond donors (Lipinski definition) is 2. The molecule has 0 unspecified atom stereocenters. The van der Waals surface area contributed by atoms with E-state index in [1.165, 1.54) is 43.9 Å². The third kappa shape index (κ3) is 14.0. The molecule has 0 bridgehead atoms. The number of unbranched alkanes of at least 4 members (excludes halogenated alkanes) is 3. The fourth-order valence-electron chi connectivity index (χ4n) is 2.66. The summed E-state index contributed by atoms with van der Waals surface area (Å²) in [4.78, 5) is 9.19. The normalized spacial score (nSPS) is 14.4. The summed E-state index contributed by atoms with van der Waals surface area (Å²) in [5.41, 5.74) is 6.70. The van der Waals surface area contributed by atoms with E-state index in [4.69, 9.17) is 10.7 Å². The van der Waals surface area contributed by atoms with Crippen molar-refractivity contribution >= 4 is 24.3 Å². The molecule has 0 rings (SSSR count). The predicted octanol–water partition coefficient (Wildman–Crippen LogP) is 5.46. The monoisotopic (exact) mass is 390 g/mol. The lowest BCUT2D eigenvalue weighted by Crippen LogP contribution is -2.24. The maximum Gasteiger partial charge on any atom is 0.0869 e. The van der Waals surface area contributed by atoms with Gasteiger partial charge in [0.15, 0.2) is 0 Å². The van der Waals surface area contributed by atoms with E-state index in [-0.39, 0.29) is 6.04 Å². The van der Waals surface area contributed by atoms with E-state index >= 15 is 0 Å². The van der Waals surface area contributed by atoms with Gasteiger partial charge in [-0.25, -0.2) is 0 Å². The first-order valence-electron chi connectivity index (χ1n) is 9.86. The van der Waals surface area contributed by atoms with Crippen LogP contribution < -0.4 is 11.1 Å². The minimum atomic E-state index is 0.173. The van der Waals surface area contributed by atoms with Gasteiger partial charge in [-0.1, -0.05) is 77.8 Å². The zero-order chi connectivity index (χ0) is 20.3. The third-order valence-corrected chi connectivity index (χ3v) is 5.19. The molecule has 3 N–H and O–H groups in total. The summed E-state index contributed by atoms with van der Waals surface area (Å²) < 4.78 is 0. The lowest BCUT2D eigenvalue weighted by Gasteiger charge is -2.21. The van der Waals surface area contributed by atoms with Gasteiger partial charge in [-0.05, 0) is 18.4 Å². The molecular formula is C22H38N4S. The number of rotatable bonds is 17. The van der Waals surface area contributed by atoms with Crippen LogP contribution in [0, 0.1) is 5.92 Å². The molecule has 0 saturated carbocycles. The Labute approximate surface area is 170 Å². The fourth-order valence-corrected chi connectivity index (χ4v) is 3.28. The van der Waals surface area contributed by atoms with Crippen LogP contribution in [0.5, 0.6) is 0 Å². The molecule has 0 aliphatic carbocycles. The van der Waals surface area contributed by atoms with Gasteiger partial charge in [0.2, 0.25) is 0 Å². The van der Waals surface area contributed by atoms with Gasteiger partial charge in [0, 0.05) is 17.7 Å². The Kier molecular flexibility index (Phi) is 16.5. The summed E-state index contributed by atoms with van der Waals surface area (Å²) in [5, 5.41) is 3.89. The lowest BCUT2D eigenvalue weighted by atomic mass is 9.91. The first-order valence-corrected chi connectivity index (χ1v) is 10.8. The van der Waals surface area contributed by atoms with E-state index < -0.39 is 0 Å². The maximum absolute atomic E-state index is 5.83. The maximum atomic E-state index is 5.83. The van der Waals surface area contributed by atoms with Crippen molar-refractivity contribution in [2.75, 3.05) is 12.3 Å². The van der Waals surface area contributed by atoms with Crippen LogP contribution in [0.3, 0.4) is 0 Å². The molecule has 4 nitrogen and oxygen atoms in total. The largest absolute Gasteiger partial charge is 0.394 e. The summed E-state index contributed by atoms with van der Waals surface area (Å²) in [6.07, 6.45) is 16.1. The molecular weight excluding hydrogens is 352 g/mol. The summed E-state index contributed by atoms with van der Waals surface area (Å²) in [5.74, 6) is 1.23. The number of nitrogens with two attached hydrogens (primary N) is 1. The van der Waals surface area contributed by atoms with Crippen LogP contribution >= 0.6 is 11.8 Å². The number of nitrogens with one attached hydrogen (secondary N) is 1. The highest BCUT2D eigenvalue weighted by atomic mass is 32.2. The van der Waals surface area contributed by atoms with E-state index in [2.05, 4.69) is 43.9 Å². The molecule has 2 atom stereocenters. The minimum Gasteiger partial charge on any atom is -0.394 e. The Hall–Kier alpha value is -1.75. The van der Waals surface area contributed by atoms with Crippen LogP contribution in [0.2, 0.25) is 0 Å². The molecule has 0 aromatic carbocycles. The molecule has 0 aromatic heterocycles. The third-order valence-electron chi connectivity index (χ3n) is 4.23. The SMILES string of the molecule is C=C/C=N\C[C@H](/N=C/NC(=C)CS/C(N)=C\C=C)[C@@H](CC)CCCCCC. The first kappa shape index (κ1) is 25.2. The molecule has 152 valence electrons. The Balaban J connectivity index is 4.66. The van der Waals surface area contributed by atoms with Crippen molar-refractivity contribution in [3.8, 4) is 0 Å². The van der Waals surface area contributed by atoms with Crippen LogP contribution in [0.15, 0.2) is 58.7 Å². The Morgan fingerprint density at radius 2 is 1.96 bits per heavy atom. The molecule has 0 amide bonds. The number of nitrogens with zero attached hydrogens (tertiary/aromatic N) is 2. The Bertz CT molecular complexity index is 508. The smallest absolute Gasteiger partial charge is 0.0869 e. The second kappa shape index (κ2) is 17.7. The Morgan fingerprint density at radius 1 is 1.19 bits per heavy atom. The highest BCUT2D eigenvalue weighted by Gasteiger charge is 2.18. The fraction of sp³-hybridized carbons (Fsp3) is 0.545. The molecule has 0 spiro atoms. The number of thioether (sulfide) groups is 1. The standard InChI is InChI=1S/C22H38N4S/c1-6-10-11-12-14-20(9-4)21(16-24-15-8-3)26-18-25-19(5)17-27-22(23)13-7-2/h7-8,13,15,18,20-21H,2-3,5-6,9-12,14,16-17,23H2,1,4H3,(H,25,26)/b22-13-,24-15-/t20-,21-/m0/s1. The van der Waals surface area contributed by atoms with Gasteiger partial charge < -0.3 is 11.1 Å². The molecule has 0 heterocycles. The average molecular weight is 391 g/mol. The van der Waals surface area contributed by atoms with E-state index in [0.29, 0.717) is 18.2 Å². The minimum absolute atomic E-state index is 0.173. The number of hydrogen-bond acceptors (Lipinski definition) is 4. The zero-order valence-electron chi connectivity index (χ0n) is 17.2. The highest BCUT2D eigenvalue weighted by molar-refractivity contribution is 8.03. The Morgan fingerprint density at radius 3 is 2.59 bits per heavy atom. The second-order valence-electron chi connectivity index (χ2n) is 6.45. The summed E-state index contributed by atoms with van der Waals surface area (Å²) >= 11 is 1.52. The van der Waals surface area contributed by atoms with Crippen LogP contribution in [0.1, 0.15) is 52.4 Å². The molecule has 5 heteroatoms. The topological polar surface area (TPSA) is 62.8 Å². The van der Waals surface area contributed by atoms with Gasteiger partial charge in [0.1, 0.15) is 0 Å². The van der Waals surface area contributed by atoms with Gasteiger partial charge in [-0.15, -0.1) is 11.8 Å². The van der Waals surface area contributed by atoms with Crippen molar-refractivity contribution in [1.82, 2.24) is 5.32 Å². The van der Waals surface area contributed by atoms with Crippen LogP contribution in [0.4, 0.5) is 0 Å². The molecule has 0 aromatic rings. The highest BCUT2D eigenvalue weighted by Crippen LogP contribution is 2.21. The van der Waals surface area contributed by atoms with Crippen molar-refractivity contribution in [3.63, 3.8) is 0 Å². The molecule has 0 aliphatic heterocycles. The van der Waals surface area contributed by atoms with Gasteiger partial charge in [-0.3, -0.25) is 9.98 Å². The second-order valence-corrected chi connectivity index (χ2v) is 7.50. The van der Waals surface area contributed by atoms with Gasteiger partial charge in [0.25, 0.3) is 0 Å². The van der Waals surface area contributed by atoms with Crippen molar-refractivity contribution in [2.45, 2.75) is 58.4 Å². The van der Waals surface area contributed by atoms with Gasteiger partial charge in [-0.2, -0.15) is 0 Å². The summed E-state index contributed by atoms with van der Waals surface area (Å²) in [6.45, 7) is 16.5. The number of allylic oxidation sites excluding steroid dienone is 3. The quantitative estimate of drug-likeness (QED) is 0.150. The van der Waals surface area contributed by atoms with E-state index in [1.807, 2.05) is 0 Å². The summed E-state index contributed by atoms with van der Waals surface area (Å²) in [6, 6.07) is 0.173. The molecule has 0 saturated heterocycles. The molecule has 0 radical (unpaired) electrons. The van der Waals surface area contributed by atoms with Gasteiger partial charge in [0.05, 0.1) is 24.0 Å². The zero-order valence-corrected chi connectivity index (χ0v) is 18.0. The van der Waals surface area contributed by atoms with Crippen molar-refractivity contribution in [1.29, 1.82) is 0 Å². The van der Waals surface area contributed by atoms with Crippen molar-refractivity contribution in [2.24, 2.45) is 21.6 Å². The van der Waals surface area contributed by atoms with E-state index in [1.54, 1.807) is 30.8 Å². The van der Waals surface area contributed by atoms with Gasteiger partial charge >= 0.3 is 0 Å². The van der Waals surface area contributed by atoms with Crippen LogP contribution in [-0.4, -0.2) is 30.9 Å². The molecule has 0 fully saturated rings. The van der Waals surface area contributed by atoms with Crippen LogP contribution in [-0.2, 0) is 0 Å². The predicted molar refractivity (Wildman–Crippen MR) is 126 cm³/mol. The molecule has 27 heavy (non-hydrogen) atoms. The van der Waals surface area contributed by atoms with E-state index in [0.717, 1.165) is 17.1 Å². The first-order chi connectivity index (χ1) is 13.1. The lowest BCUT2D eigenvalue weighted by molar-refractivity contribution is 0.373. The van der Waals surface area contributed by atoms with E-state index in [9.17, 15) is 0 Å².